The highest BCUT2D eigenvalue weighted by Gasteiger charge is 2.18. The molecule has 0 radical (unpaired) electrons. The van der Waals surface area contributed by atoms with Crippen molar-refractivity contribution < 1.29 is 0 Å². The standard InChI is InChI=1S/C14H16ClN3/c1-10-3-2-6-18(9-10)13-4-5-16-12-8-17-14(15)7-11(12)13/h4-5,7-8,10H,2-3,6,9H2,1H3. The van der Waals surface area contributed by atoms with Crippen molar-refractivity contribution in [2.24, 2.45) is 5.92 Å². The molecule has 4 heteroatoms. The van der Waals surface area contributed by atoms with Crippen molar-refractivity contribution in [1.29, 1.82) is 0 Å². The summed E-state index contributed by atoms with van der Waals surface area (Å²) in [5.41, 5.74) is 2.14. The molecule has 2 aromatic rings. The van der Waals surface area contributed by atoms with E-state index in [9.17, 15) is 0 Å². The van der Waals surface area contributed by atoms with Crippen molar-refractivity contribution in [3.8, 4) is 0 Å². The largest absolute Gasteiger partial charge is 0.371 e. The van der Waals surface area contributed by atoms with Crippen LogP contribution in [0.15, 0.2) is 24.5 Å². The van der Waals surface area contributed by atoms with Gasteiger partial charge in [-0.1, -0.05) is 18.5 Å². The maximum atomic E-state index is 6.00. The van der Waals surface area contributed by atoms with Crippen LogP contribution in [0, 0.1) is 5.92 Å². The minimum atomic E-state index is 0.529. The normalized spacial score (nSPS) is 20.3. The number of hydrogen-bond acceptors (Lipinski definition) is 3. The van der Waals surface area contributed by atoms with Crippen LogP contribution in [0.2, 0.25) is 5.15 Å². The average Bonchev–Trinajstić information content (AvgIpc) is 2.38. The van der Waals surface area contributed by atoms with E-state index in [-0.39, 0.29) is 0 Å². The molecular formula is C14H16ClN3. The van der Waals surface area contributed by atoms with Gasteiger partial charge in [0.05, 0.1) is 11.7 Å². The van der Waals surface area contributed by atoms with E-state index in [1.54, 1.807) is 6.20 Å². The van der Waals surface area contributed by atoms with Crippen LogP contribution in [0.25, 0.3) is 10.9 Å². The zero-order valence-corrected chi connectivity index (χ0v) is 11.2. The molecule has 1 atom stereocenters. The van der Waals surface area contributed by atoms with E-state index in [1.165, 1.54) is 18.5 Å². The molecule has 0 aromatic carbocycles. The van der Waals surface area contributed by atoms with E-state index in [0.717, 1.165) is 29.9 Å². The molecular weight excluding hydrogens is 246 g/mol. The fourth-order valence-corrected chi connectivity index (χ4v) is 2.85. The monoisotopic (exact) mass is 261 g/mol. The molecule has 3 nitrogen and oxygen atoms in total. The molecule has 0 spiro atoms. The number of rotatable bonds is 1. The number of anilines is 1. The first-order valence-electron chi connectivity index (χ1n) is 6.39. The fraction of sp³-hybridized carbons (Fsp3) is 0.429. The predicted molar refractivity (Wildman–Crippen MR) is 75.2 cm³/mol. The Morgan fingerprint density at radius 1 is 1.39 bits per heavy atom. The smallest absolute Gasteiger partial charge is 0.129 e. The zero-order valence-electron chi connectivity index (χ0n) is 10.4. The van der Waals surface area contributed by atoms with E-state index in [1.807, 2.05) is 12.3 Å². The quantitative estimate of drug-likeness (QED) is 0.736. The van der Waals surface area contributed by atoms with Crippen molar-refractivity contribution in [3.05, 3.63) is 29.7 Å². The molecule has 0 bridgehead atoms. The van der Waals surface area contributed by atoms with Crippen molar-refractivity contribution in [3.63, 3.8) is 0 Å². The van der Waals surface area contributed by atoms with Gasteiger partial charge >= 0.3 is 0 Å². The van der Waals surface area contributed by atoms with Crippen LogP contribution >= 0.6 is 11.6 Å². The van der Waals surface area contributed by atoms with E-state index in [2.05, 4.69) is 27.9 Å². The van der Waals surface area contributed by atoms with Gasteiger partial charge in [0.25, 0.3) is 0 Å². The summed E-state index contributed by atoms with van der Waals surface area (Å²) in [4.78, 5) is 10.9. The lowest BCUT2D eigenvalue weighted by atomic mass is 9.99. The Bertz CT molecular complexity index is 570. The summed E-state index contributed by atoms with van der Waals surface area (Å²) in [5.74, 6) is 0.749. The zero-order chi connectivity index (χ0) is 12.5. The SMILES string of the molecule is CC1CCCN(c2ccnc3cnc(Cl)cc23)C1. The van der Waals surface area contributed by atoms with Crippen LogP contribution in [0.4, 0.5) is 5.69 Å². The van der Waals surface area contributed by atoms with Crippen LogP contribution in [-0.4, -0.2) is 23.1 Å². The lowest BCUT2D eigenvalue weighted by Gasteiger charge is -2.33. The third kappa shape index (κ3) is 2.15. The van der Waals surface area contributed by atoms with Gasteiger partial charge in [0, 0.05) is 30.4 Å². The Kier molecular flexibility index (Phi) is 3.08. The lowest BCUT2D eigenvalue weighted by Crippen LogP contribution is -2.34. The Hall–Kier alpha value is -1.35. The second-order valence-electron chi connectivity index (χ2n) is 5.05. The molecule has 1 aliphatic rings. The van der Waals surface area contributed by atoms with E-state index in [0.29, 0.717) is 5.15 Å². The Labute approximate surface area is 112 Å². The van der Waals surface area contributed by atoms with Gasteiger partial charge < -0.3 is 4.90 Å². The molecule has 0 N–H and O–H groups in total. The van der Waals surface area contributed by atoms with E-state index in [4.69, 9.17) is 11.6 Å². The molecule has 2 aromatic heterocycles. The van der Waals surface area contributed by atoms with Crippen molar-refractivity contribution in [2.75, 3.05) is 18.0 Å². The number of piperidine rings is 1. The van der Waals surface area contributed by atoms with Crippen LogP contribution in [0.1, 0.15) is 19.8 Å². The van der Waals surface area contributed by atoms with Crippen LogP contribution in [0.5, 0.6) is 0 Å². The molecule has 0 aliphatic carbocycles. The first-order valence-corrected chi connectivity index (χ1v) is 6.77. The second-order valence-corrected chi connectivity index (χ2v) is 5.43. The van der Waals surface area contributed by atoms with Crippen molar-refractivity contribution in [2.45, 2.75) is 19.8 Å². The molecule has 3 rings (SSSR count). The molecule has 94 valence electrons. The maximum Gasteiger partial charge on any atom is 0.129 e. The van der Waals surface area contributed by atoms with Gasteiger partial charge in [-0.2, -0.15) is 0 Å². The van der Waals surface area contributed by atoms with Gasteiger partial charge in [-0.15, -0.1) is 0 Å². The second kappa shape index (κ2) is 4.73. The molecule has 1 aliphatic heterocycles. The highest BCUT2D eigenvalue weighted by molar-refractivity contribution is 6.30. The molecule has 1 unspecified atom stereocenters. The number of hydrogen-bond donors (Lipinski definition) is 0. The number of aromatic nitrogens is 2. The van der Waals surface area contributed by atoms with Crippen LogP contribution < -0.4 is 4.90 Å². The van der Waals surface area contributed by atoms with Gasteiger partial charge in [0.2, 0.25) is 0 Å². The molecule has 1 saturated heterocycles. The van der Waals surface area contributed by atoms with Gasteiger partial charge in [-0.05, 0) is 30.9 Å². The van der Waals surface area contributed by atoms with Gasteiger partial charge in [0.15, 0.2) is 0 Å². The highest BCUT2D eigenvalue weighted by atomic mass is 35.5. The highest BCUT2D eigenvalue weighted by Crippen LogP contribution is 2.29. The maximum absolute atomic E-state index is 6.00. The molecule has 1 fully saturated rings. The van der Waals surface area contributed by atoms with Gasteiger partial charge in [-0.25, -0.2) is 4.98 Å². The van der Waals surface area contributed by atoms with Crippen LogP contribution in [0.3, 0.4) is 0 Å². The molecule has 18 heavy (non-hydrogen) atoms. The number of nitrogens with zero attached hydrogens (tertiary/aromatic N) is 3. The van der Waals surface area contributed by atoms with Gasteiger partial charge in [0.1, 0.15) is 5.15 Å². The first kappa shape index (κ1) is 11.7. The summed E-state index contributed by atoms with van der Waals surface area (Å²) in [6, 6.07) is 4.00. The molecule has 0 saturated carbocycles. The molecule has 0 amide bonds. The third-order valence-electron chi connectivity index (χ3n) is 3.57. The lowest BCUT2D eigenvalue weighted by molar-refractivity contribution is 0.447. The first-order chi connectivity index (χ1) is 8.74. The summed E-state index contributed by atoms with van der Waals surface area (Å²) in [6.45, 7) is 4.53. The predicted octanol–water partition coefficient (Wildman–Crippen LogP) is 3.52. The minimum Gasteiger partial charge on any atom is -0.371 e. The average molecular weight is 262 g/mol. The fourth-order valence-electron chi connectivity index (χ4n) is 2.69. The summed E-state index contributed by atoms with van der Waals surface area (Å²) >= 11 is 6.00. The van der Waals surface area contributed by atoms with Crippen molar-refractivity contribution >= 4 is 28.2 Å². The third-order valence-corrected chi connectivity index (χ3v) is 3.78. The Morgan fingerprint density at radius 2 is 2.28 bits per heavy atom. The summed E-state index contributed by atoms with van der Waals surface area (Å²) in [7, 11) is 0. The summed E-state index contributed by atoms with van der Waals surface area (Å²) < 4.78 is 0. The Balaban J connectivity index is 2.07. The Morgan fingerprint density at radius 3 is 3.11 bits per heavy atom. The summed E-state index contributed by atoms with van der Waals surface area (Å²) in [5, 5.41) is 1.63. The minimum absolute atomic E-state index is 0.529. The van der Waals surface area contributed by atoms with Crippen molar-refractivity contribution in [1.82, 2.24) is 9.97 Å². The van der Waals surface area contributed by atoms with Crippen LogP contribution in [-0.2, 0) is 0 Å². The number of pyridine rings is 2. The van der Waals surface area contributed by atoms with E-state index >= 15 is 0 Å². The number of halogens is 1. The van der Waals surface area contributed by atoms with Gasteiger partial charge in [-0.3, -0.25) is 4.98 Å². The topological polar surface area (TPSA) is 29.0 Å². The summed E-state index contributed by atoms with van der Waals surface area (Å²) in [6.07, 6.45) is 6.17. The number of fused-ring (bicyclic) bond motifs is 1. The van der Waals surface area contributed by atoms with E-state index < -0.39 is 0 Å². The molecule has 3 heterocycles.